The Morgan fingerprint density at radius 1 is 1.30 bits per heavy atom. The Bertz CT molecular complexity index is 217. The maximum atomic E-state index is 2.33. The van der Waals surface area contributed by atoms with Crippen LogP contribution in [0.5, 0.6) is 0 Å². The van der Waals surface area contributed by atoms with E-state index in [0.29, 0.717) is 6.04 Å². The summed E-state index contributed by atoms with van der Waals surface area (Å²) in [7, 11) is 2.15. The molecule has 1 fully saturated rings. The largest absolute Gasteiger partial charge is 0.296 e. The predicted molar refractivity (Wildman–Crippen MR) is 41.8 cm³/mol. The van der Waals surface area contributed by atoms with Crippen LogP contribution < -0.4 is 0 Å². The van der Waals surface area contributed by atoms with Crippen LogP contribution in [0.1, 0.15) is 11.6 Å². The lowest BCUT2D eigenvalue weighted by atomic mass is 10.2. The molecular weight excluding hydrogens is 122 g/mol. The van der Waals surface area contributed by atoms with Crippen molar-refractivity contribution in [3.05, 3.63) is 35.9 Å². The van der Waals surface area contributed by atoms with Crippen molar-refractivity contribution in [3.8, 4) is 0 Å². The van der Waals surface area contributed by atoms with Gasteiger partial charge in [-0.15, -0.1) is 0 Å². The van der Waals surface area contributed by atoms with Crippen LogP contribution in [-0.4, -0.2) is 18.5 Å². The van der Waals surface area contributed by atoms with Crippen LogP contribution in [0.4, 0.5) is 0 Å². The van der Waals surface area contributed by atoms with Gasteiger partial charge in [0.05, 0.1) is 0 Å². The molecule has 0 N–H and O–H groups in total. The SMILES string of the molecule is CN1C[C@@H]1c1ccccc1. The first-order chi connectivity index (χ1) is 4.88. The highest BCUT2D eigenvalue weighted by atomic mass is 15.3. The molecule has 0 bridgehead atoms. The molecule has 1 heterocycles. The molecule has 1 aromatic carbocycles. The third kappa shape index (κ3) is 0.929. The van der Waals surface area contributed by atoms with Crippen molar-refractivity contribution in [3.63, 3.8) is 0 Å². The second kappa shape index (κ2) is 2.10. The highest BCUT2D eigenvalue weighted by molar-refractivity contribution is 5.23. The minimum absolute atomic E-state index is 0.709. The summed E-state index contributed by atoms with van der Waals surface area (Å²) in [6.07, 6.45) is 0. The van der Waals surface area contributed by atoms with Crippen LogP contribution in [0, 0.1) is 0 Å². The normalized spacial score (nSPS) is 30.1. The quantitative estimate of drug-likeness (QED) is 0.527. The summed E-state index contributed by atoms with van der Waals surface area (Å²) in [4.78, 5) is 2.33. The van der Waals surface area contributed by atoms with Crippen molar-refractivity contribution >= 4 is 0 Å². The van der Waals surface area contributed by atoms with E-state index in [2.05, 4.69) is 42.3 Å². The number of likely N-dealkylation sites (N-methyl/N-ethyl adjacent to an activating group) is 1. The van der Waals surface area contributed by atoms with E-state index in [1.165, 1.54) is 12.1 Å². The molecule has 1 unspecified atom stereocenters. The monoisotopic (exact) mass is 133 g/mol. The lowest BCUT2D eigenvalue weighted by Crippen LogP contribution is -1.86. The Morgan fingerprint density at radius 3 is 2.40 bits per heavy atom. The summed E-state index contributed by atoms with van der Waals surface area (Å²) in [5.41, 5.74) is 1.45. The lowest BCUT2D eigenvalue weighted by molar-refractivity contribution is 0.631. The Hall–Kier alpha value is -0.820. The molecule has 10 heavy (non-hydrogen) atoms. The summed E-state index contributed by atoms with van der Waals surface area (Å²) < 4.78 is 0. The van der Waals surface area contributed by atoms with Crippen molar-refractivity contribution in [2.75, 3.05) is 13.6 Å². The summed E-state index contributed by atoms with van der Waals surface area (Å²) in [5, 5.41) is 0. The molecule has 0 radical (unpaired) electrons. The summed E-state index contributed by atoms with van der Waals surface area (Å²) in [6, 6.07) is 11.3. The summed E-state index contributed by atoms with van der Waals surface area (Å²) >= 11 is 0. The van der Waals surface area contributed by atoms with Gasteiger partial charge in [0.1, 0.15) is 0 Å². The minimum Gasteiger partial charge on any atom is -0.296 e. The zero-order valence-corrected chi connectivity index (χ0v) is 6.12. The van der Waals surface area contributed by atoms with E-state index in [1.807, 2.05) is 0 Å². The van der Waals surface area contributed by atoms with Crippen LogP contribution in [-0.2, 0) is 0 Å². The Morgan fingerprint density at radius 2 is 1.90 bits per heavy atom. The van der Waals surface area contributed by atoms with Gasteiger partial charge in [-0.2, -0.15) is 0 Å². The third-order valence-electron chi connectivity index (χ3n) is 2.04. The fraction of sp³-hybridized carbons (Fsp3) is 0.333. The minimum atomic E-state index is 0.709. The molecule has 0 aromatic heterocycles. The Kier molecular flexibility index (Phi) is 1.24. The van der Waals surface area contributed by atoms with Gasteiger partial charge in [0.25, 0.3) is 0 Å². The van der Waals surface area contributed by atoms with E-state index in [1.54, 1.807) is 0 Å². The fourth-order valence-corrected chi connectivity index (χ4v) is 1.26. The van der Waals surface area contributed by atoms with E-state index in [-0.39, 0.29) is 0 Å². The van der Waals surface area contributed by atoms with Crippen molar-refractivity contribution in [2.45, 2.75) is 6.04 Å². The zero-order chi connectivity index (χ0) is 6.97. The van der Waals surface area contributed by atoms with Gasteiger partial charge in [-0.3, -0.25) is 4.90 Å². The number of hydrogen-bond donors (Lipinski definition) is 0. The van der Waals surface area contributed by atoms with Gasteiger partial charge in [0.15, 0.2) is 0 Å². The number of benzene rings is 1. The smallest absolute Gasteiger partial charge is 0.0473 e. The van der Waals surface area contributed by atoms with E-state index >= 15 is 0 Å². The molecular formula is C9H11N. The topological polar surface area (TPSA) is 3.01 Å². The van der Waals surface area contributed by atoms with Gasteiger partial charge in [0, 0.05) is 12.6 Å². The highest BCUT2D eigenvalue weighted by Gasteiger charge is 2.30. The summed E-state index contributed by atoms with van der Waals surface area (Å²) in [6.45, 7) is 1.23. The Labute approximate surface area is 61.3 Å². The number of hydrogen-bond acceptors (Lipinski definition) is 1. The molecule has 0 aliphatic carbocycles. The number of nitrogens with zero attached hydrogens (tertiary/aromatic N) is 1. The van der Waals surface area contributed by atoms with Crippen molar-refractivity contribution in [2.24, 2.45) is 0 Å². The average Bonchev–Trinajstić information content (AvgIpc) is 2.69. The fourth-order valence-electron chi connectivity index (χ4n) is 1.26. The van der Waals surface area contributed by atoms with Crippen LogP contribution >= 0.6 is 0 Å². The standard InChI is InChI=1S/C9H11N/c1-10-7-9(10)8-5-3-2-4-6-8/h2-6,9H,7H2,1H3/t9-,10?/m1/s1. The molecule has 1 aliphatic heterocycles. The summed E-state index contributed by atoms with van der Waals surface area (Å²) in [5.74, 6) is 0. The predicted octanol–water partition coefficient (Wildman–Crippen LogP) is 1.67. The molecule has 0 spiro atoms. The molecule has 1 aliphatic rings. The second-order valence-corrected chi connectivity index (χ2v) is 2.87. The van der Waals surface area contributed by atoms with E-state index in [9.17, 15) is 0 Å². The molecule has 0 saturated carbocycles. The molecule has 0 amide bonds. The third-order valence-corrected chi connectivity index (χ3v) is 2.04. The maximum absolute atomic E-state index is 2.33. The average molecular weight is 133 g/mol. The van der Waals surface area contributed by atoms with Crippen molar-refractivity contribution in [1.29, 1.82) is 0 Å². The second-order valence-electron chi connectivity index (χ2n) is 2.87. The molecule has 2 rings (SSSR count). The van der Waals surface area contributed by atoms with Gasteiger partial charge in [-0.05, 0) is 12.6 Å². The van der Waals surface area contributed by atoms with Gasteiger partial charge in [-0.25, -0.2) is 0 Å². The van der Waals surface area contributed by atoms with Gasteiger partial charge in [-0.1, -0.05) is 30.3 Å². The van der Waals surface area contributed by atoms with E-state index in [4.69, 9.17) is 0 Å². The van der Waals surface area contributed by atoms with Crippen LogP contribution in [0.15, 0.2) is 30.3 Å². The first-order valence-corrected chi connectivity index (χ1v) is 3.63. The zero-order valence-electron chi connectivity index (χ0n) is 6.12. The lowest BCUT2D eigenvalue weighted by Gasteiger charge is -1.95. The molecule has 2 atom stereocenters. The molecule has 1 aromatic rings. The highest BCUT2D eigenvalue weighted by Crippen LogP contribution is 2.31. The molecule has 1 heteroatoms. The maximum Gasteiger partial charge on any atom is 0.0473 e. The first-order valence-electron chi connectivity index (χ1n) is 3.63. The van der Waals surface area contributed by atoms with E-state index in [0.717, 1.165) is 0 Å². The van der Waals surface area contributed by atoms with Crippen LogP contribution in [0.25, 0.3) is 0 Å². The number of rotatable bonds is 1. The van der Waals surface area contributed by atoms with Crippen molar-refractivity contribution in [1.82, 2.24) is 4.90 Å². The van der Waals surface area contributed by atoms with Crippen LogP contribution in [0.2, 0.25) is 0 Å². The van der Waals surface area contributed by atoms with Crippen LogP contribution in [0.3, 0.4) is 0 Å². The Balaban J connectivity index is 2.20. The van der Waals surface area contributed by atoms with Crippen molar-refractivity contribution < 1.29 is 0 Å². The molecule has 1 nitrogen and oxygen atoms in total. The first kappa shape index (κ1) is 5.93. The van der Waals surface area contributed by atoms with E-state index < -0.39 is 0 Å². The van der Waals surface area contributed by atoms with Gasteiger partial charge in [0.2, 0.25) is 0 Å². The molecule has 52 valence electrons. The van der Waals surface area contributed by atoms with Gasteiger partial charge < -0.3 is 0 Å². The molecule has 1 saturated heterocycles. The van der Waals surface area contributed by atoms with Gasteiger partial charge >= 0.3 is 0 Å².